The normalized spacial score (nSPS) is 31.7. The number of carbonyl (C=O) groups excluding carboxylic acids is 1. The van der Waals surface area contributed by atoms with E-state index in [1.807, 2.05) is 30.8 Å². The van der Waals surface area contributed by atoms with Crippen molar-refractivity contribution in [1.82, 2.24) is 20.2 Å². The Labute approximate surface area is 228 Å². The van der Waals surface area contributed by atoms with E-state index in [0.717, 1.165) is 32.1 Å². The molecule has 1 aliphatic heterocycles. The van der Waals surface area contributed by atoms with E-state index in [-0.39, 0.29) is 23.7 Å². The van der Waals surface area contributed by atoms with Gasteiger partial charge in [0.2, 0.25) is 5.95 Å². The fourth-order valence-corrected chi connectivity index (χ4v) is 7.89. The molecule has 0 spiro atoms. The molecule has 2 N–H and O–H groups in total. The van der Waals surface area contributed by atoms with Crippen LogP contribution in [0, 0.1) is 29.4 Å². The number of piperazine rings is 1. The number of aliphatic hydroxyl groups is 1. The molecule has 210 valence electrons. The van der Waals surface area contributed by atoms with Crippen LogP contribution in [-0.4, -0.2) is 77.3 Å². The first kappa shape index (κ1) is 26.4. The molecular weight excluding hydrogens is 502 g/mol. The topological polar surface area (TPSA) is 84.8 Å². The van der Waals surface area contributed by atoms with E-state index in [0.29, 0.717) is 61.1 Å². The number of carbonyl (C=O) groups is 1. The van der Waals surface area contributed by atoms with Gasteiger partial charge in [0, 0.05) is 44.5 Å². The van der Waals surface area contributed by atoms with E-state index < -0.39 is 17.2 Å². The highest BCUT2D eigenvalue weighted by molar-refractivity contribution is 5.92. The van der Waals surface area contributed by atoms with Gasteiger partial charge in [0.15, 0.2) is 0 Å². The maximum absolute atomic E-state index is 15.0. The molecule has 1 amide bonds. The highest BCUT2D eigenvalue weighted by Crippen LogP contribution is 2.55. The first-order chi connectivity index (χ1) is 18.6. The molecular formula is C29H38F2N6O2. The van der Waals surface area contributed by atoms with Crippen molar-refractivity contribution in [2.24, 2.45) is 17.8 Å². The summed E-state index contributed by atoms with van der Waals surface area (Å²) in [5.41, 5.74) is 0.366. The largest absolute Gasteiger partial charge is 0.390 e. The number of hydrogen-bond acceptors (Lipinski definition) is 7. The van der Waals surface area contributed by atoms with E-state index in [4.69, 9.17) is 0 Å². The van der Waals surface area contributed by atoms with Gasteiger partial charge in [-0.25, -0.2) is 18.7 Å². The molecule has 8 nitrogen and oxygen atoms in total. The van der Waals surface area contributed by atoms with Crippen molar-refractivity contribution in [2.45, 2.75) is 63.3 Å². The average molecular weight is 541 g/mol. The Kier molecular flexibility index (Phi) is 6.74. The number of amides is 1. The van der Waals surface area contributed by atoms with Crippen LogP contribution in [-0.2, 0) is 6.54 Å². The van der Waals surface area contributed by atoms with Gasteiger partial charge in [-0.05, 0) is 94.6 Å². The molecule has 2 aromatic rings. The summed E-state index contributed by atoms with van der Waals surface area (Å²) in [6, 6.07) is 4.39. The SMILES string of the molecule is C[C@@H]1CN(c2c(F)cc(CN(C)C)cc2F)CCN1c1nccc(C(=O)N[C@H]2C3CC4CC2C[C@](O)(C4)C3)n1. The summed E-state index contributed by atoms with van der Waals surface area (Å²) >= 11 is 0. The Morgan fingerprint density at radius 1 is 1.15 bits per heavy atom. The molecule has 2 heterocycles. The number of anilines is 2. The zero-order valence-electron chi connectivity index (χ0n) is 22.9. The van der Waals surface area contributed by atoms with Crippen molar-refractivity contribution in [3.05, 3.63) is 47.3 Å². The van der Waals surface area contributed by atoms with Crippen molar-refractivity contribution in [3.8, 4) is 0 Å². The molecule has 1 aromatic carbocycles. The van der Waals surface area contributed by atoms with Gasteiger partial charge >= 0.3 is 0 Å². The van der Waals surface area contributed by atoms with Crippen LogP contribution in [0.5, 0.6) is 0 Å². The summed E-state index contributed by atoms with van der Waals surface area (Å²) in [7, 11) is 3.72. The van der Waals surface area contributed by atoms with Crippen molar-refractivity contribution in [2.75, 3.05) is 43.5 Å². The van der Waals surface area contributed by atoms with Crippen molar-refractivity contribution < 1.29 is 18.7 Å². The second-order valence-corrected chi connectivity index (χ2v) is 12.6. The molecule has 4 bridgehead atoms. The molecule has 3 atom stereocenters. The Balaban J connectivity index is 1.12. The fraction of sp³-hybridized carbons (Fsp3) is 0.621. The van der Waals surface area contributed by atoms with E-state index in [1.165, 1.54) is 12.1 Å². The van der Waals surface area contributed by atoms with Crippen molar-refractivity contribution in [3.63, 3.8) is 0 Å². The van der Waals surface area contributed by atoms with Crippen LogP contribution >= 0.6 is 0 Å². The van der Waals surface area contributed by atoms with Gasteiger partial charge in [-0.15, -0.1) is 0 Å². The van der Waals surface area contributed by atoms with Crippen LogP contribution in [0.3, 0.4) is 0 Å². The smallest absolute Gasteiger partial charge is 0.270 e. The van der Waals surface area contributed by atoms with Crippen LogP contribution < -0.4 is 15.1 Å². The number of aromatic nitrogens is 2. The molecule has 0 radical (unpaired) electrons. The van der Waals surface area contributed by atoms with Gasteiger partial charge in [-0.1, -0.05) is 0 Å². The minimum absolute atomic E-state index is 0.00150. The first-order valence-electron chi connectivity index (χ1n) is 14.1. The Bertz CT molecular complexity index is 1220. The molecule has 4 aliphatic carbocycles. The molecule has 5 fully saturated rings. The first-order valence-corrected chi connectivity index (χ1v) is 14.1. The lowest BCUT2D eigenvalue weighted by Crippen LogP contribution is -2.61. The number of nitrogens with one attached hydrogen (secondary N) is 1. The number of rotatable bonds is 6. The van der Waals surface area contributed by atoms with Gasteiger partial charge in [-0.3, -0.25) is 4.79 Å². The molecule has 10 heteroatoms. The van der Waals surface area contributed by atoms with E-state index in [9.17, 15) is 18.7 Å². The van der Waals surface area contributed by atoms with Crippen molar-refractivity contribution in [1.29, 1.82) is 0 Å². The van der Waals surface area contributed by atoms with Gasteiger partial charge in [0.1, 0.15) is 23.0 Å². The average Bonchev–Trinajstić information content (AvgIpc) is 2.84. The predicted molar refractivity (Wildman–Crippen MR) is 145 cm³/mol. The van der Waals surface area contributed by atoms with Crippen LogP contribution in [0.15, 0.2) is 24.4 Å². The molecule has 1 aromatic heterocycles. The zero-order chi connectivity index (χ0) is 27.5. The second kappa shape index (κ2) is 9.96. The van der Waals surface area contributed by atoms with Crippen LogP contribution in [0.2, 0.25) is 0 Å². The summed E-state index contributed by atoms with van der Waals surface area (Å²) in [4.78, 5) is 27.9. The second-order valence-electron chi connectivity index (χ2n) is 12.6. The third-order valence-corrected chi connectivity index (χ3v) is 9.19. The Morgan fingerprint density at radius 3 is 2.46 bits per heavy atom. The highest BCUT2D eigenvalue weighted by atomic mass is 19.1. The third-order valence-electron chi connectivity index (χ3n) is 9.19. The minimum Gasteiger partial charge on any atom is -0.390 e. The molecule has 1 saturated heterocycles. The summed E-state index contributed by atoms with van der Waals surface area (Å²) in [6.45, 7) is 3.70. The Hall–Kier alpha value is -2.85. The molecule has 5 aliphatic rings. The van der Waals surface area contributed by atoms with E-state index in [2.05, 4.69) is 15.3 Å². The standard InChI is InChI=1S/C29H38F2N6O2/c1-17-15-36(26-22(30)10-19(11-23(26)31)16-35(2)3)6-7-37(17)28-32-5-4-24(33-28)27(38)34-25-20-8-18-9-21(25)14-29(39,12-18)13-20/h4-5,10-11,17-18,20-21,25,39H,6-9,12-16H2,1-3H3,(H,34,38)/t17-,18?,20?,21?,25-,29-/m1/s1. The van der Waals surface area contributed by atoms with Crippen LogP contribution in [0.1, 0.15) is 55.1 Å². The summed E-state index contributed by atoms with van der Waals surface area (Å²) in [5, 5.41) is 14.1. The lowest BCUT2D eigenvalue weighted by Gasteiger charge is -2.58. The lowest BCUT2D eigenvalue weighted by atomic mass is 9.52. The molecule has 4 saturated carbocycles. The number of nitrogens with zero attached hydrogens (tertiary/aromatic N) is 5. The summed E-state index contributed by atoms with van der Waals surface area (Å²) in [5.74, 6) is 0.325. The third kappa shape index (κ3) is 5.09. The van der Waals surface area contributed by atoms with Gasteiger partial charge < -0.3 is 25.1 Å². The fourth-order valence-electron chi connectivity index (χ4n) is 7.89. The Morgan fingerprint density at radius 2 is 1.85 bits per heavy atom. The lowest BCUT2D eigenvalue weighted by molar-refractivity contribution is -0.136. The zero-order valence-corrected chi connectivity index (χ0v) is 22.9. The summed E-state index contributed by atoms with van der Waals surface area (Å²) in [6.07, 6.45) is 6.17. The molecule has 2 unspecified atom stereocenters. The molecule has 39 heavy (non-hydrogen) atoms. The predicted octanol–water partition coefficient (Wildman–Crippen LogP) is 3.20. The van der Waals surface area contributed by atoms with Gasteiger partial charge in [0.05, 0.1) is 5.60 Å². The maximum Gasteiger partial charge on any atom is 0.270 e. The van der Waals surface area contributed by atoms with E-state index >= 15 is 0 Å². The monoisotopic (exact) mass is 540 g/mol. The van der Waals surface area contributed by atoms with Crippen LogP contribution in [0.25, 0.3) is 0 Å². The minimum atomic E-state index is -0.556. The van der Waals surface area contributed by atoms with E-state index in [1.54, 1.807) is 17.2 Å². The number of hydrogen-bond donors (Lipinski definition) is 2. The van der Waals surface area contributed by atoms with Crippen molar-refractivity contribution >= 4 is 17.5 Å². The van der Waals surface area contributed by atoms with Crippen LogP contribution in [0.4, 0.5) is 20.4 Å². The summed E-state index contributed by atoms with van der Waals surface area (Å²) < 4.78 is 29.9. The number of benzene rings is 1. The quantitative estimate of drug-likeness (QED) is 0.582. The maximum atomic E-state index is 15.0. The highest BCUT2D eigenvalue weighted by Gasteiger charge is 2.55. The van der Waals surface area contributed by atoms with Gasteiger partial charge in [-0.2, -0.15) is 0 Å². The number of halogens is 2. The molecule has 7 rings (SSSR count). The van der Waals surface area contributed by atoms with Gasteiger partial charge in [0.25, 0.3) is 5.91 Å².